The van der Waals surface area contributed by atoms with E-state index in [0.717, 1.165) is 11.4 Å². The second kappa shape index (κ2) is 7.95. The lowest BCUT2D eigenvalue weighted by Gasteiger charge is -2.27. The zero-order valence-electron chi connectivity index (χ0n) is 15.0. The quantitative estimate of drug-likeness (QED) is 0.670. The van der Waals surface area contributed by atoms with Gasteiger partial charge >= 0.3 is 0 Å². The van der Waals surface area contributed by atoms with Crippen molar-refractivity contribution >= 4 is 5.91 Å². The third-order valence-electron chi connectivity index (χ3n) is 4.30. The van der Waals surface area contributed by atoms with Gasteiger partial charge in [0, 0.05) is 25.0 Å². The van der Waals surface area contributed by atoms with Crippen molar-refractivity contribution < 1.29 is 9.18 Å². The van der Waals surface area contributed by atoms with Gasteiger partial charge in [0.2, 0.25) is 0 Å². The lowest BCUT2D eigenvalue weighted by molar-refractivity contribution is 0.0678. The molecule has 0 radical (unpaired) electrons. The highest BCUT2D eigenvalue weighted by atomic mass is 19.1. The van der Waals surface area contributed by atoms with Crippen LogP contribution in [0.25, 0.3) is 0 Å². The number of hydrogen-bond acceptors (Lipinski definition) is 2. The topological polar surface area (TPSA) is 38.1 Å². The van der Waals surface area contributed by atoms with Crippen molar-refractivity contribution in [2.75, 3.05) is 0 Å². The van der Waals surface area contributed by atoms with Crippen LogP contribution in [0.3, 0.4) is 0 Å². The molecule has 0 fully saturated rings. The molecule has 2 aromatic carbocycles. The number of nitrogens with zero attached hydrogens (tertiary/aromatic N) is 3. The van der Waals surface area contributed by atoms with Crippen LogP contribution in [0.5, 0.6) is 0 Å². The van der Waals surface area contributed by atoms with Crippen LogP contribution in [0.1, 0.15) is 35.6 Å². The molecule has 0 saturated carbocycles. The molecule has 0 aliphatic rings. The summed E-state index contributed by atoms with van der Waals surface area (Å²) >= 11 is 0. The molecule has 1 heterocycles. The molecular formula is C21H22FN3O. The Morgan fingerprint density at radius 3 is 2.50 bits per heavy atom. The fourth-order valence-corrected chi connectivity index (χ4v) is 2.85. The van der Waals surface area contributed by atoms with E-state index in [0.29, 0.717) is 13.1 Å². The molecule has 1 amide bonds. The summed E-state index contributed by atoms with van der Waals surface area (Å²) < 4.78 is 16.1. The lowest BCUT2D eigenvalue weighted by Crippen LogP contribution is -2.37. The molecule has 0 aliphatic heterocycles. The number of rotatable bonds is 6. The number of hydrogen-bond donors (Lipinski definition) is 0. The van der Waals surface area contributed by atoms with E-state index < -0.39 is 5.82 Å². The Hall–Kier alpha value is -2.95. The van der Waals surface area contributed by atoms with Gasteiger partial charge in [-0.3, -0.25) is 4.79 Å². The van der Waals surface area contributed by atoms with Crippen molar-refractivity contribution in [3.63, 3.8) is 0 Å². The summed E-state index contributed by atoms with van der Waals surface area (Å²) in [5, 5.41) is 0. The monoisotopic (exact) mass is 351 g/mol. The summed E-state index contributed by atoms with van der Waals surface area (Å²) in [5.74, 6) is -0.0598. The normalized spacial score (nSPS) is 10.9. The summed E-state index contributed by atoms with van der Waals surface area (Å²) in [4.78, 5) is 18.9. The van der Waals surface area contributed by atoms with Crippen LogP contribution in [-0.2, 0) is 13.1 Å². The molecule has 0 unspecified atom stereocenters. The van der Waals surface area contributed by atoms with Crippen molar-refractivity contribution in [2.24, 2.45) is 0 Å². The van der Waals surface area contributed by atoms with Crippen molar-refractivity contribution in [2.45, 2.75) is 33.0 Å². The minimum atomic E-state index is -0.504. The Bertz CT molecular complexity index is 874. The van der Waals surface area contributed by atoms with E-state index >= 15 is 0 Å². The molecule has 3 rings (SSSR count). The van der Waals surface area contributed by atoms with E-state index in [-0.39, 0.29) is 17.5 Å². The SMILES string of the molecule is CC(C)N(Cc1nccn1Cc1ccccc1)C(=O)c1ccccc1F. The van der Waals surface area contributed by atoms with E-state index in [9.17, 15) is 9.18 Å². The summed E-state index contributed by atoms with van der Waals surface area (Å²) in [6, 6.07) is 16.1. The second-order valence-corrected chi connectivity index (χ2v) is 6.46. The maximum atomic E-state index is 14.0. The Morgan fingerprint density at radius 1 is 1.12 bits per heavy atom. The molecule has 1 aromatic heterocycles. The van der Waals surface area contributed by atoms with Crippen molar-refractivity contribution in [1.82, 2.24) is 14.5 Å². The standard InChI is InChI=1S/C21H22FN3O/c1-16(2)25(21(26)18-10-6-7-11-19(18)22)15-20-23-12-13-24(20)14-17-8-4-3-5-9-17/h3-13,16H,14-15H2,1-2H3. The maximum Gasteiger partial charge on any atom is 0.257 e. The van der Waals surface area contributed by atoms with Crippen LogP contribution in [-0.4, -0.2) is 26.4 Å². The molecule has 0 N–H and O–H groups in total. The molecular weight excluding hydrogens is 329 g/mol. The third-order valence-corrected chi connectivity index (χ3v) is 4.30. The minimum absolute atomic E-state index is 0.0796. The number of imidazole rings is 1. The lowest BCUT2D eigenvalue weighted by atomic mass is 10.1. The maximum absolute atomic E-state index is 14.0. The largest absolute Gasteiger partial charge is 0.329 e. The van der Waals surface area contributed by atoms with Crippen molar-refractivity contribution in [1.29, 1.82) is 0 Å². The highest BCUT2D eigenvalue weighted by Gasteiger charge is 2.23. The molecule has 4 nitrogen and oxygen atoms in total. The number of carbonyl (C=O) groups excluding carboxylic acids is 1. The molecule has 0 atom stereocenters. The fraction of sp³-hybridized carbons (Fsp3) is 0.238. The molecule has 26 heavy (non-hydrogen) atoms. The first-order valence-corrected chi connectivity index (χ1v) is 8.65. The van der Waals surface area contributed by atoms with E-state index in [1.165, 1.54) is 12.1 Å². The Balaban J connectivity index is 1.83. The van der Waals surface area contributed by atoms with Gasteiger partial charge in [-0.15, -0.1) is 0 Å². The van der Waals surface area contributed by atoms with E-state index in [4.69, 9.17) is 0 Å². The first-order valence-electron chi connectivity index (χ1n) is 8.65. The van der Waals surface area contributed by atoms with Crippen LogP contribution >= 0.6 is 0 Å². The van der Waals surface area contributed by atoms with Crippen molar-refractivity contribution in [3.8, 4) is 0 Å². The van der Waals surface area contributed by atoms with Gasteiger partial charge in [0.1, 0.15) is 11.6 Å². The summed E-state index contributed by atoms with van der Waals surface area (Å²) in [6.07, 6.45) is 3.62. The average molecular weight is 351 g/mol. The summed E-state index contributed by atoms with van der Waals surface area (Å²) in [6.45, 7) is 4.84. The number of halogens is 1. The number of benzene rings is 2. The van der Waals surface area contributed by atoms with Gasteiger partial charge in [0.05, 0.1) is 12.1 Å². The third kappa shape index (κ3) is 3.99. The van der Waals surface area contributed by atoms with E-state index in [1.807, 2.05) is 42.8 Å². The molecule has 0 bridgehead atoms. The van der Waals surface area contributed by atoms with E-state index in [2.05, 4.69) is 17.1 Å². The van der Waals surface area contributed by atoms with Gasteiger partial charge in [0.25, 0.3) is 5.91 Å². The molecule has 0 spiro atoms. The highest BCUT2D eigenvalue weighted by Crippen LogP contribution is 2.16. The van der Waals surface area contributed by atoms with Crippen LogP contribution in [0.15, 0.2) is 67.0 Å². The predicted molar refractivity (Wildman–Crippen MR) is 99.2 cm³/mol. The molecule has 5 heteroatoms. The average Bonchev–Trinajstić information content (AvgIpc) is 3.07. The summed E-state index contributed by atoms with van der Waals surface area (Å²) in [5.41, 5.74) is 1.24. The second-order valence-electron chi connectivity index (χ2n) is 6.46. The summed E-state index contributed by atoms with van der Waals surface area (Å²) in [7, 11) is 0. The van der Waals surface area contributed by atoms with Crippen molar-refractivity contribution in [3.05, 3.63) is 89.8 Å². The number of aromatic nitrogens is 2. The zero-order chi connectivity index (χ0) is 18.5. The van der Waals surface area contributed by atoms with E-state index in [1.54, 1.807) is 23.2 Å². The van der Waals surface area contributed by atoms with Gasteiger partial charge in [-0.25, -0.2) is 9.37 Å². The number of amides is 1. The van der Waals surface area contributed by atoms with Gasteiger partial charge in [-0.1, -0.05) is 42.5 Å². The molecule has 3 aromatic rings. The van der Waals surface area contributed by atoms with Gasteiger partial charge in [-0.05, 0) is 31.5 Å². The fourth-order valence-electron chi connectivity index (χ4n) is 2.85. The first-order chi connectivity index (χ1) is 12.6. The number of carbonyl (C=O) groups is 1. The van der Waals surface area contributed by atoms with Gasteiger partial charge < -0.3 is 9.47 Å². The Kier molecular flexibility index (Phi) is 5.46. The zero-order valence-corrected chi connectivity index (χ0v) is 15.0. The molecule has 134 valence electrons. The van der Waals surface area contributed by atoms with Crippen LogP contribution in [0.4, 0.5) is 4.39 Å². The molecule has 0 saturated heterocycles. The molecule has 0 aliphatic carbocycles. The Labute approximate surface area is 152 Å². The Morgan fingerprint density at radius 2 is 1.81 bits per heavy atom. The van der Waals surface area contributed by atoms with Crippen LogP contribution in [0, 0.1) is 5.82 Å². The van der Waals surface area contributed by atoms with Gasteiger partial charge in [-0.2, -0.15) is 0 Å². The van der Waals surface area contributed by atoms with Crippen LogP contribution in [0.2, 0.25) is 0 Å². The first kappa shape index (κ1) is 17.9. The highest BCUT2D eigenvalue weighted by molar-refractivity contribution is 5.94. The van der Waals surface area contributed by atoms with Gasteiger partial charge in [0.15, 0.2) is 0 Å². The predicted octanol–water partition coefficient (Wildman–Crippen LogP) is 4.12. The minimum Gasteiger partial charge on any atom is -0.329 e. The smallest absolute Gasteiger partial charge is 0.257 e. The van der Waals surface area contributed by atoms with Crippen LogP contribution < -0.4 is 0 Å².